The maximum atomic E-state index is 13.4. The van der Waals surface area contributed by atoms with Gasteiger partial charge < -0.3 is 25.6 Å². The monoisotopic (exact) mass is 661 g/mol. The fourth-order valence-electron chi connectivity index (χ4n) is 4.92. The Labute approximate surface area is 249 Å². The van der Waals surface area contributed by atoms with Gasteiger partial charge in [0.05, 0.1) is 34.1 Å². The Hall–Kier alpha value is -2.76. The molecular weight excluding hydrogens is 629 g/mol. The van der Waals surface area contributed by atoms with E-state index in [4.69, 9.17) is 11.6 Å². The van der Waals surface area contributed by atoms with Crippen molar-refractivity contribution in [1.29, 1.82) is 0 Å². The van der Waals surface area contributed by atoms with Gasteiger partial charge in [0, 0.05) is 37.1 Å². The lowest BCUT2D eigenvalue weighted by molar-refractivity contribution is -0.142. The first-order valence-electron chi connectivity index (χ1n) is 13.1. The maximum absolute atomic E-state index is 13.4. The van der Waals surface area contributed by atoms with Crippen molar-refractivity contribution in [1.82, 2.24) is 20.1 Å². The zero-order valence-electron chi connectivity index (χ0n) is 23.7. The Morgan fingerprint density at radius 2 is 1.98 bits per heavy atom. The number of rotatable bonds is 11. The first kappa shape index (κ1) is 34.7. The molecule has 242 valence electrons. The summed E-state index contributed by atoms with van der Waals surface area (Å²) in [5.74, 6) is -1.58. The molecule has 11 nitrogen and oxygen atoms in total. The molecule has 1 fully saturated rings. The van der Waals surface area contributed by atoms with E-state index in [9.17, 15) is 45.4 Å². The number of hydrogen-bond donors (Lipinski definition) is 4. The zero-order chi connectivity index (χ0) is 32.5. The maximum Gasteiger partial charge on any atom is 0.391 e. The summed E-state index contributed by atoms with van der Waals surface area (Å²) >= 11 is 6.49. The second kappa shape index (κ2) is 12.7. The minimum absolute atomic E-state index is 0.0500. The summed E-state index contributed by atoms with van der Waals surface area (Å²) in [5, 5.41) is 29.3. The Kier molecular flexibility index (Phi) is 10.2. The molecule has 2 aromatic heterocycles. The number of hydrogen-bond acceptors (Lipinski definition) is 9. The fourth-order valence-corrected chi connectivity index (χ4v) is 6.32. The molecule has 0 radical (unpaired) electrons. The third kappa shape index (κ3) is 8.67. The Bertz CT molecular complexity index is 1440. The van der Waals surface area contributed by atoms with Gasteiger partial charge in [0.25, 0.3) is 5.91 Å². The van der Waals surface area contributed by atoms with E-state index in [1.165, 1.54) is 18.5 Å². The number of aromatic nitrogens is 3. The number of ether oxygens (including phenoxy) is 1. The van der Waals surface area contributed by atoms with Crippen LogP contribution in [0, 0.1) is 0 Å². The van der Waals surface area contributed by atoms with E-state index in [2.05, 4.69) is 25.5 Å². The number of carbonyl (C=O) groups excluding carboxylic acids is 1. The molecule has 18 heteroatoms. The number of aliphatic hydroxyl groups excluding tert-OH is 1. The first-order valence-corrected chi connectivity index (χ1v) is 15.4. The molecule has 0 bridgehead atoms. The van der Waals surface area contributed by atoms with Crippen molar-refractivity contribution >= 4 is 33.2 Å². The molecule has 3 rings (SSSR count). The molecular formula is C25H33ClF5N5O6S. The molecule has 3 atom stereocenters. The predicted octanol–water partition coefficient (Wildman–Crippen LogP) is 3.78. The topological polar surface area (TPSA) is 156 Å². The lowest BCUT2D eigenvalue weighted by Crippen LogP contribution is -2.56. The lowest BCUT2D eigenvalue weighted by Gasteiger charge is -2.39. The number of nitrogens with one attached hydrogen (secondary N) is 2. The number of carbonyl (C=O) groups is 1. The molecule has 1 saturated carbocycles. The molecule has 0 aliphatic heterocycles. The van der Waals surface area contributed by atoms with Gasteiger partial charge >= 0.3 is 12.8 Å². The number of amides is 1. The number of aryl methyl sites for hydroxylation is 1. The van der Waals surface area contributed by atoms with E-state index in [0.717, 1.165) is 18.5 Å². The van der Waals surface area contributed by atoms with Crippen molar-refractivity contribution in [2.45, 2.75) is 88.3 Å². The third-order valence-electron chi connectivity index (χ3n) is 7.02. The molecule has 0 aromatic carbocycles. The number of anilines is 1. The van der Waals surface area contributed by atoms with Gasteiger partial charge in [0.1, 0.15) is 27.0 Å². The number of nitrogens with zero attached hydrogens (tertiary/aromatic N) is 3. The van der Waals surface area contributed by atoms with Crippen LogP contribution in [-0.4, -0.2) is 87.4 Å². The number of sulfone groups is 1. The normalized spacial score (nSPS) is 21.6. The van der Waals surface area contributed by atoms with Crippen molar-refractivity contribution < 1.29 is 50.1 Å². The van der Waals surface area contributed by atoms with Crippen LogP contribution >= 0.6 is 11.6 Å². The summed E-state index contributed by atoms with van der Waals surface area (Å²) in [4.78, 5) is 17.1. The molecule has 43 heavy (non-hydrogen) atoms. The van der Waals surface area contributed by atoms with Gasteiger partial charge in [-0.05, 0) is 40.0 Å². The van der Waals surface area contributed by atoms with E-state index in [0.29, 0.717) is 0 Å². The van der Waals surface area contributed by atoms with Crippen molar-refractivity contribution in [2.24, 2.45) is 0 Å². The van der Waals surface area contributed by atoms with E-state index in [1.54, 1.807) is 6.92 Å². The minimum Gasteiger partial charge on any atom is -0.434 e. The van der Waals surface area contributed by atoms with E-state index in [-0.39, 0.29) is 53.6 Å². The second-order valence-electron chi connectivity index (χ2n) is 11.1. The molecule has 2 heterocycles. The standard InChI is InChI=1S/C25H33ClF5N5O6S/c1-5-36-20(14-10-32-17(9-15(14)42-22(27)28)34-23(2,3)11-25(29,30)31)18(26)19(35-36)21(38)33-12-24(39)7-6-13(8-16(24)37)43(4,40)41/h9-10,13,16,22,37,39H,5-8,11-12H2,1-4H3,(H,32,34)(H,33,38)/t13-,16+,24+/m0/s1. The van der Waals surface area contributed by atoms with Gasteiger partial charge in [-0.25, -0.2) is 13.4 Å². The summed E-state index contributed by atoms with van der Waals surface area (Å²) in [6.45, 7) is 0.412. The molecule has 0 unspecified atom stereocenters. The smallest absolute Gasteiger partial charge is 0.391 e. The summed E-state index contributed by atoms with van der Waals surface area (Å²) in [6.07, 6.45) is -5.41. The van der Waals surface area contributed by atoms with Gasteiger partial charge in [0.2, 0.25) is 0 Å². The van der Waals surface area contributed by atoms with E-state index in [1.807, 2.05) is 0 Å². The van der Waals surface area contributed by atoms with Gasteiger partial charge in [-0.1, -0.05) is 11.6 Å². The SMILES string of the molecule is CCn1nc(C(=O)NC[C@]2(O)CC[C@H](S(C)(=O)=O)C[C@H]2O)c(Cl)c1-c1cnc(NC(C)(C)CC(F)(F)F)cc1OC(F)F. The predicted molar refractivity (Wildman–Crippen MR) is 147 cm³/mol. The van der Waals surface area contributed by atoms with Crippen molar-refractivity contribution in [3.8, 4) is 17.0 Å². The second-order valence-corrected chi connectivity index (χ2v) is 13.8. The van der Waals surface area contributed by atoms with E-state index < -0.39 is 69.7 Å². The van der Waals surface area contributed by atoms with Gasteiger partial charge in [0.15, 0.2) is 5.69 Å². The van der Waals surface area contributed by atoms with Crippen molar-refractivity contribution in [2.75, 3.05) is 18.1 Å². The fraction of sp³-hybridized carbons (Fsp3) is 0.640. The van der Waals surface area contributed by atoms with Crippen LogP contribution in [0.5, 0.6) is 5.75 Å². The van der Waals surface area contributed by atoms with Crippen LogP contribution in [0.2, 0.25) is 5.02 Å². The van der Waals surface area contributed by atoms with Crippen LogP contribution in [0.15, 0.2) is 12.3 Å². The molecule has 1 aliphatic carbocycles. The van der Waals surface area contributed by atoms with E-state index >= 15 is 0 Å². The Morgan fingerprint density at radius 3 is 2.51 bits per heavy atom. The molecule has 0 saturated heterocycles. The largest absolute Gasteiger partial charge is 0.434 e. The van der Waals surface area contributed by atoms with Gasteiger partial charge in [-0.2, -0.15) is 27.1 Å². The van der Waals surface area contributed by atoms with Gasteiger partial charge in [-0.3, -0.25) is 9.48 Å². The molecule has 4 N–H and O–H groups in total. The summed E-state index contributed by atoms with van der Waals surface area (Å²) < 4.78 is 95.1. The highest BCUT2D eigenvalue weighted by Crippen LogP contribution is 2.39. The van der Waals surface area contributed by atoms with Crippen molar-refractivity contribution in [3.63, 3.8) is 0 Å². The first-order chi connectivity index (χ1) is 19.7. The lowest BCUT2D eigenvalue weighted by atomic mass is 9.82. The zero-order valence-corrected chi connectivity index (χ0v) is 25.2. The van der Waals surface area contributed by atoms with Gasteiger partial charge in [-0.15, -0.1) is 0 Å². The number of aliphatic hydroxyl groups is 2. The van der Waals surface area contributed by atoms with Crippen LogP contribution in [-0.2, 0) is 16.4 Å². The highest BCUT2D eigenvalue weighted by molar-refractivity contribution is 7.91. The number of alkyl halides is 5. The Morgan fingerprint density at radius 1 is 1.33 bits per heavy atom. The highest BCUT2D eigenvalue weighted by Gasteiger charge is 2.44. The average molecular weight is 662 g/mol. The average Bonchev–Trinajstić information content (AvgIpc) is 3.18. The minimum atomic E-state index is -4.51. The van der Waals surface area contributed by atoms with Crippen LogP contribution in [0.3, 0.4) is 0 Å². The molecule has 2 aromatic rings. The van der Waals surface area contributed by atoms with Crippen LogP contribution in [0.1, 0.15) is 56.9 Å². The summed E-state index contributed by atoms with van der Waals surface area (Å²) in [5.41, 5.74) is -3.93. The van der Waals surface area contributed by atoms with Crippen LogP contribution < -0.4 is 15.4 Å². The van der Waals surface area contributed by atoms with Crippen LogP contribution in [0.25, 0.3) is 11.3 Å². The quantitative estimate of drug-likeness (QED) is 0.263. The molecule has 1 amide bonds. The Balaban J connectivity index is 1.89. The third-order valence-corrected chi connectivity index (χ3v) is 9.02. The molecule has 1 aliphatic rings. The number of halogens is 6. The van der Waals surface area contributed by atoms with Crippen molar-refractivity contribution in [3.05, 3.63) is 23.0 Å². The molecule has 0 spiro atoms. The summed E-state index contributed by atoms with van der Waals surface area (Å²) in [7, 11) is -3.45. The van der Waals surface area contributed by atoms with Crippen LogP contribution in [0.4, 0.5) is 27.8 Å². The number of pyridine rings is 1. The summed E-state index contributed by atoms with van der Waals surface area (Å²) in [6, 6.07) is 0.979. The highest BCUT2D eigenvalue weighted by atomic mass is 35.5.